The fourth-order valence-corrected chi connectivity index (χ4v) is 2.50. The van der Waals surface area contributed by atoms with Crippen LogP contribution in [0.25, 0.3) is 0 Å². The predicted molar refractivity (Wildman–Crippen MR) is 67.5 cm³/mol. The summed E-state index contributed by atoms with van der Waals surface area (Å²) in [5, 5.41) is 9.60. The molecule has 1 heterocycles. The van der Waals surface area contributed by atoms with Crippen molar-refractivity contribution in [3.8, 4) is 0 Å². The normalized spacial score (nSPS) is 32.6. The van der Waals surface area contributed by atoms with Crippen molar-refractivity contribution in [2.24, 2.45) is 5.92 Å². The van der Waals surface area contributed by atoms with E-state index in [-0.39, 0.29) is 12.2 Å². The van der Waals surface area contributed by atoms with Crippen molar-refractivity contribution in [1.29, 1.82) is 0 Å². The van der Waals surface area contributed by atoms with Crippen LogP contribution < -0.4 is 0 Å². The van der Waals surface area contributed by atoms with Crippen molar-refractivity contribution < 1.29 is 9.84 Å². The number of aliphatic hydroxyl groups is 1. The van der Waals surface area contributed by atoms with Gasteiger partial charge in [-0.2, -0.15) is 0 Å². The van der Waals surface area contributed by atoms with Gasteiger partial charge in [0, 0.05) is 0 Å². The molecule has 0 aromatic heterocycles. The first-order chi connectivity index (χ1) is 7.65. The number of unbranched alkanes of at least 4 members (excludes halogenated alkanes) is 3. The van der Waals surface area contributed by atoms with E-state index < -0.39 is 0 Å². The highest BCUT2D eigenvalue weighted by Gasteiger charge is 2.29. The van der Waals surface area contributed by atoms with E-state index in [0.717, 1.165) is 12.8 Å². The second kappa shape index (κ2) is 7.29. The molecule has 16 heavy (non-hydrogen) atoms. The van der Waals surface area contributed by atoms with Gasteiger partial charge in [-0.3, -0.25) is 0 Å². The van der Waals surface area contributed by atoms with Gasteiger partial charge < -0.3 is 9.84 Å². The number of hydrogen-bond donors (Lipinski definition) is 1. The van der Waals surface area contributed by atoms with Gasteiger partial charge in [0.05, 0.1) is 18.3 Å². The minimum absolute atomic E-state index is 0.0249. The van der Waals surface area contributed by atoms with Gasteiger partial charge in [0.25, 0.3) is 0 Å². The molecule has 0 amide bonds. The monoisotopic (exact) mass is 228 g/mol. The first-order valence-electron chi connectivity index (χ1n) is 6.98. The van der Waals surface area contributed by atoms with Gasteiger partial charge in [-0.15, -0.1) is 0 Å². The minimum atomic E-state index is -0.247. The van der Waals surface area contributed by atoms with Crippen molar-refractivity contribution in [2.75, 3.05) is 0 Å². The Labute approximate surface area is 100 Å². The molecule has 1 aliphatic rings. The lowest BCUT2D eigenvalue weighted by Gasteiger charge is -2.35. The molecular formula is C14H28O2. The molecule has 2 nitrogen and oxygen atoms in total. The number of ether oxygens (including phenoxy) is 1. The molecule has 96 valence electrons. The molecule has 4 unspecified atom stereocenters. The summed E-state index contributed by atoms with van der Waals surface area (Å²) in [6.45, 7) is 6.53. The predicted octanol–water partition coefficient (Wildman–Crippen LogP) is 3.52. The molecule has 0 saturated carbocycles. The first kappa shape index (κ1) is 14.0. The summed E-state index contributed by atoms with van der Waals surface area (Å²) in [6, 6.07) is 0. The lowest BCUT2D eigenvalue weighted by atomic mass is 9.90. The Kier molecular flexibility index (Phi) is 6.37. The van der Waals surface area contributed by atoms with Crippen LogP contribution in [0, 0.1) is 5.92 Å². The Bertz CT molecular complexity index is 182. The molecule has 2 heteroatoms. The topological polar surface area (TPSA) is 29.5 Å². The lowest BCUT2D eigenvalue weighted by molar-refractivity contribution is -0.125. The van der Waals surface area contributed by atoms with Crippen LogP contribution in [0.15, 0.2) is 0 Å². The van der Waals surface area contributed by atoms with Crippen LogP contribution in [-0.4, -0.2) is 23.4 Å². The number of hydrogen-bond acceptors (Lipinski definition) is 2. The van der Waals surface area contributed by atoms with E-state index in [0.29, 0.717) is 12.0 Å². The molecule has 0 bridgehead atoms. The average Bonchev–Trinajstić information content (AvgIpc) is 2.28. The van der Waals surface area contributed by atoms with Gasteiger partial charge in [-0.05, 0) is 32.1 Å². The summed E-state index contributed by atoms with van der Waals surface area (Å²) >= 11 is 0. The minimum Gasteiger partial charge on any atom is -0.390 e. The third-order valence-electron chi connectivity index (χ3n) is 3.83. The summed E-state index contributed by atoms with van der Waals surface area (Å²) in [4.78, 5) is 0. The zero-order chi connectivity index (χ0) is 12.0. The SMILES string of the molecule is CCCCCCC(C)C1CCC(O)C(C)O1. The molecule has 4 atom stereocenters. The quantitative estimate of drug-likeness (QED) is 0.705. The van der Waals surface area contributed by atoms with Crippen molar-refractivity contribution in [3.05, 3.63) is 0 Å². The van der Waals surface area contributed by atoms with Gasteiger partial charge in [0.1, 0.15) is 0 Å². The smallest absolute Gasteiger partial charge is 0.0809 e. The third kappa shape index (κ3) is 4.42. The second-order valence-electron chi connectivity index (χ2n) is 5.35. The number of rotatable bonds is 6. The maximum absolute atomic E-state index is 9.60. The summed E-state index contributed by atoms with van der Waals surface area (Å²) in [7, 11) is 0. The van der Waals surface area contributed by atoms with Crippen LogP contribution in [0.5, 0.6) is 0 Å². The standard InChI is InChI=1S/C14H28O2/c1-4-5-6-7-8-11(2)14-10-9-13(15)12(3)16-14/h11-15H,4-10H2,1-3H3. The maximum atomic E-state index is 9.60. The van der Waals surface area contributed by atoms with Gasteiger partial charge in [0.15, 0.2) is 0 Å². The molecule has 1 rings (SSSR count). The van der Waals surface area contributed by atoms with E-state index in [4.69, 9.17) is 4.74 Å². The maximum Gasteiger partial charge on any atom is 0.0809 e. The third-order valence-corrected chi connectivity index (χ3v) is 3.83. The van der Waals surface area contributed by atoms with Crippen LogP contribution in [0.3, 0.4) is 0 Å². The Hall–Kier alpha value is -0.0800. The van der Waals surface area contributed by atoms with Crippen LogP contribution in [0.1, 0.15) is 65.7 Å². The Balaban J connectivity index is 2.18. The van der Waals surface area contributed by atoms with Crippen LogP contribution >= 0.6 is 0 Å². The van der Waals surface area contributed by atoms with Gasteiger partial charge in [-0.1, -0.05) is 39.5 Å². The van der Waals surface area contributed by atoms with E-state index in [2.05, 4.69) is 13.8 Å². The molecule has 1 aliphatic heterocycles. The van der Waals surface area contributed by atoms with Gasteiger partial charge in [-0.25, -0.2) is 0 Å². The Morgan fingerprint density at radius 3 is 2.62 bits per heavy atom. The van der Waals surface area contributed by atoms with E-state index in [9.17, 15) is 5.11 Å². The fourth-order valence-electron chi connectivity index (χ4n) is 2.50. The molecule has 0 aromatic rings. The van der Waals surface area contributed by atoms with E-state index in [1.54, 1.807) is 0 Å². The van der Waals surface area contributed by atoms with Crippen LogP contribution in [0.4, 0.5) is 0 Å². The zero-order valence-corrected chi connectivity index (χ0v) is 11.1. The highest BCUT2D eigenvalue weighted by molar-refractivity contribution is 4.78. The van der Waals surface area contributed by atoms with Crippen LogP contribution in [-0.2, 0) is 4.74 Å². The van der Waals surface area contributed by atoms with Crippen molar-refractivity contribution in [2.45, 2.75) is 84.0 Å². The van der Waals surface area contributed by atoms with Crippen molar-refractivity contribution in [1.82, 2.24) is 0 Å². The van der Waals surface area contributed by atoms with E-state index in [1.165, 1.54) is 32.1 Å². The summed E-state index contributed by atoms with van der Waals surface area (Å²) in [5.74, 6) is 0.645. The molecule has 0 radical (unpaired) electrons. The Morgan fingerprint density at radius 1 is 1.25 bits per heavy atom. The molecule has 0 aromatic carbocycles. The zero-order valence-electron chi connectivity index (χ0n) is 11.1. The Morgan fingerprint density at radius 2 is 2.00 bits per heavy atom. The first-order valence-corrected chi connectivity index (χ1v) is 6.98. The number of aliphatic hydroxyl groups excluding tert-OH is 1. The lowest BCUT2D eigenvalue weighted by Crippen LogP contribution is -2.39. The van der Waals surface area contributed by atoms with E-state index >= 15 is 0 Å². The van der Waals surface area contributed by atoms with Gasteiger partial charge in [0.2, 0.25) is 0 Å². The van der Waals surface area contributed by atoms with Crippen molar-refractivity contribution >= 4 is 0 Å². The van der Waals surface area contributed by atoms with Gasteiger partial charge >= 0.3 is 0 Å². The molecule has 1 saturated heterocycles. The summed E-state index contributed by atoms with van der Waals surface area (Å²) < 4.78 is 5.87. The second-order valence-corrected chi connectivity index (χ2v) is 5.35. The van der Waals surface area contributed by atoms with Crippen LogP contribution in [0.2, 0.25) is 0 Å². The molecule has 0 aliphatic carbocycles. The molecule has 1 N–H and O–H groups in total. The highest BCUT2D eigenvalue weighted by Crippen LogP contribution is 2.27. The van der Waals surface area contributed by atoms with E-state index in [1.807, 2.05) is 6.92 Å². The highest BCUT2D eigenvalue weighted by atomic mass is 16.5. The fraction of sp³-hybridized carbons (Fsp3) is 1.00. The average molecular weight is 228 g/mol. The summed E-state index contributed by atoms with van der Waals surface area (Å²) in [6.07, 6.45) is 8.70. The molecule has 0 spiro atoms. The summed E-state index contributed by atoms with van der Waals surface area (Å²) in [5.41, 5.74) is 0. The largest absolute Gasteiger partial charge is 0.390 e. The molecular weight excluding hydrogens is 200 g/mol. The van der Waals surface area contributed by atoms with Crippen molar-refractivity contribution in [3.63, 3.8) is 0 Å². The molecule has 1 fully saturated rings.